The van der Waals surface area contributed by atoms with E-state index in [4.69, 9.17) is 0 Å². The van der Waals surface area contributed by atoms with Gasteiger partial charge in [-0.25, -0.2) is 0 Å². The van der Waals surface area contributed by atoms with Gasteiger partial charge in [0.25, 0.3) is 5.91 Å². The first-order valence-electron chi connectivity index (χ1n) is 9.34. The number of nitrogens with one attached hydrogen (secondary N) is 2. The number of benzene rings is 2. The molecule has 1 aliphatic rings. The quantitative estimate of drug-likeness (QED) is 0.842. The highest BCUT2D eigenvalue weighted by molar-refractivity contribution is 5.95. The molecule has 2 aromatic rings. The smallest absolute Gasteiger partial charge is 0.252 e. The van der Waals surface area contributed by atoms with Crippen LogP contribution in [0.25, 0.3) is 0 Å². The van der Waals surface area contributed by atoms with E-state index in [9.17, 15) is 4.79 Å². The second kappa shape index (κ2) is 8.30. The van der Waals surface area contributed by atoms with Crippen molar-refractivity contribution in [3.8, 4) is 0 Å². The predicted octanol–water partition coefficient (Wildman–Crippen LogP) is 3.82. The fourth-order valence-electron chi connectivity index (χ4n) is 3.60. The molecule has 1 amide bonds. The van der Waals surface area contributed by atoms with Crippen LogP contribution < -0.4 is 10.6 Å². The van der Waals surface area contributed by atoms with Crippen LogP contribution in [0.4, 0.5) is 0 Å². The van der Waals surface area contributed by atoms with Crippen molar-refractivity contribution < 1.29 is 4.79 Å². The number of aryl methyl sites for hydroxylation is 2. The first-order valence-corrected chi connectivity index (χ1v) is 9.34. The van der Waals surface area contributed by atoms with Gasteiger partial charge in [-0.15, -0.1) is 0 Å². The minimum absolute atomic E-state index is 0.0110. The maximum Gasteiger partial charge on any atom is 0.252 e. The molecule has 0 bridgehead atoms. The third-order valence-corrected chi connectivity index (χ3v) is 5.13. The van der Waals surface area contributed by atoms with E-state index in [-0.39, 0.29) is 11.9 Å². The molecular formula is C22H28N2O. The van der Waals surface area contributed by atoms with Crippen LogP contribution in [0.5, 0.6) is 0 Å². The van der Waals surface area contributed by atoms with Crippen LogP contribution in [0.1, 0.15) is 58.4 Å². The number of carbonyl (C=O) groups excluding carboxylic acids is 1. The molecule has 1 aliphatic carbocycles. The third-order valence-electron chi connectivity index (χ3n) is 5.13. The zero-order valence-corrected chi connectivity index (χ0v) is 15.3. The molecule has 0 saturated carbocycles. The Hall–Kier alpha value is -2.13. The number of rotatable bonds is 6. The van der Waals surface area contributed by atoms with E-state index in [1.54, 1.807) is 0 Å². The van der Waals surface area contributed by atoms with E-state index in [0.29, 0.717) is 0 Å². The number of likely N-dealkylation sites (N-methyl/N-ethyl adjacent to an activating group) is 1. The molecule has 3 heteroatoms. The van der Waals surface area contributed by atoms with Gasteiger partial charge >= 0.3 is 0 Å². The van der Waals surface area contributed by atoms with Crippen molar-refractivity contribution in [2.75, 3.05) is 13.6 Å². The van der Waals surface area contributed by atoms with Crippen molar-refractivity contribution >= 4 is 5.91 Å². The average molecular weight is 336 g/mol. The van der Waals surface area contributed by atoms with Gasteiger partial charge in [0, 0.05) is 5.56 Å². The first-order chi connectivity index (χ1) is 12.2. The fourth-order valence-corrected chi connectivity index (χ4v) is 3.60. The van der Waals surface area contributed by atoms with Crippen molar-refractivity contribution in [2.45, 2.75) is 45.1 Å². The standard InChI is InChI=1S/C22H28N2O/c1-16(19-12-11-17-7-3-4-9-20(17)15-19)24-22(25)21-10-6-5-8-18(21)13-14-23-2/h5-6,8,10-12,15-16,23H,3-4,7,9,13-14H2,1-2H3,(H,24,25). The summed E-state index contributed by atoms with van der Waals surface area (Å²) in [6.07, 6.45) is 5.78. The van der Waals surface area contributed by atoms with Crippen LogP contribution in [-0.4, -0.2) is 19.5 Å². The number of carbonyl (C=O) groups is 1. The zero-order chi connectivity index (χ0) is 17.6. The molecule has 1 atom stereocenters. The number of fused-ring (bicyclic) bond motifs is 1. The summed E-state index contributed by atoms with van der Waals surface area (Å²) < 4.78 is 0. The lowest BCUT2D eigenvalue weighted by atomic mass is 9.89. The summed E-state index contributed by atoms with van der Waals surface area (Å²) in [5.74, 6) is 0.0110. The van der Waals surface area contributed by atoms with Crippen molar-refractivity contribution in [3.05, 3.63) is 70.3 Å². The molecule has 2 aromatic carbocycles. The lowest BCUT2D eigenvalue weighted by molar-refractivity contribution is 0.0939. The predicted molar refractivity (Wildman–Crippen MR) is 103 cm³/mol. The van der Waals surface area contributed by atoms with Crippen LogP contribution in [0.2, 0.25) is 0 Å². The first kappa shape index (κ1) is 17.7. The minimum Gasteiger partial charge on any atom is -0.346 e. The summed E-state index contributed by atoms with van der Waals surface area (Å²) in [7, 11) is 1.93. The Morgan fingerprint density at radius 1 is 1.08 bits per heavy atom. The van der Waals surface area contributed by atoms with Gasteiger partial charge in [0.2, 0.25) is 0 Å². The van der Waals surface area contributed by atoms with Gasteiger partial charge < -0.3 is 10.6 Å². The van der Waals surface area contributed by atoms with E-state index in [2.05, 4.69) is 35.8 Å². The van der Waals surface area contributed by atoms with Crippen molar-refractivity contribution in [1.82, 2.24) is 10.6 Å². The van der Waals surface area contributed by atoms with Gasteiger partial charge in [-0.3, -0.25) is 4.79 Å². The topological polar surface area (TPSA) is 41.1 Å². The van der Waals surface area contributed by atoms with Crippen LogP contribution in [0.3, 0.4) is 0 Å². The van der Waals surface area contributed by atoms with E-state index < -0.39 is 0 Å². The van der Waals surface area contributed by atoms with Crippen LogP contribution in [0, 0.1) is 0 Å². The van der Waals surface area contributed by atoms with Gasteiger partial charge in [0.15, 0.2) is 0 Å². The molecule has 0 spiro atoms. The maximum atomic E-state index is 12.8. The Morgan fingerprint density at radius 2 is 1.84 bits per heavy atom. The summed E-state index contributed by atoms with van der Waals surface area (Å²) in [6, 6.07) is 14.6. The van der Waals surface area contributed by atoms with E-state index in [1.165, 1.54) is 36.0 Å². The van der Waals surface area contributed by atoms with Crippen LogP contribution in [-0.2, 0) is 19.3 Å². The summed E-state index contributed by atoms with van der Waals surface area (Å²) in [4.78, 5) is 12.8. The molecule has 25 heavy (non-hydrogen) atoms. The Morgan fingerprint density at radius 3 is 2.64 bits per heavy atom. The summed E-state index contributed by atoms with van der Waals surface area (Å²) in [5, 5.41) is 6.32. The summed E-state index contributed by atoms with van der Waals surface area (Å²) >= 11 is 0. The second-order valence-corrected chi connectivity index (χ2v) is 6.94. The molecule has 0 aromatic heterocycles. The molecule has 0 fully saturated rings. The molecule has 0 heterocycles. The monoisotopic (exact) mass is 336 g/mol. The Balaban J connectivity index is 1.72. The summed E-state index contributed by atoms with van der Waals surface area (Å²) in [6.45, 7) is 2.93. The van der Waals surface area contributed by atoms with Crippen LogP contribution >= 0.6 is 0 Å². The lowest BCUT2D eigenvalue weighted by Crippen LogP contribution is -2.28. The van der Waals surface area contributed by atoms with E-state index >= 15 is 0 Å². The number of hydrogen-bond donors (Lipinski definition) is 2. The highest BCUT2D eigenvalue weighted by atomic mass is 16.1. The largest absolute Gasteiger partial charge is 0.346 e. The van der Waals surface area contributed by atoms with Gasteiger partial charge in [0.05, 0.1) is 6.04 Å². The highest BCUT2D eigenvalue weighted by Crippen LogP contribution is 2.25. The number of hydrogen-bond acceptors (Lipinski definition) is 2. The Bertz CT molecular complexity index is 739. The number of amides is 1. The molecule has 0 aliphatic heterocycles. The Kier molecular flexibility index (Phi) is 5.87. The molecule has 132 valence electrons. The lowest BCUT2D eigenvalue weighted by Gasteiger charge is -2.20. The fraction of sp³-hybridized carbons (Fsp3) is 0.409. The zero-order valence-electron chi connectivity index (χ0n) is 15.3. The van der Waals surface area contributed by atoms with Crippen molar-refractivity contribution in [2.24, 2.45) is 0 Å². The SMILES string of the molecule is CNCCc1ccccc1C(=O)NC(C)c1ccc2c(c1)CCCC2. The van der Waals surface area contributed by atoms with Crippen molar-refractivity contribution in [3.63, 3.8) is 0 Å². The normalized spacial score (nSPS) is 14.6. The highest BCUT2D eigenvalue weighted by Gasteiger charge is 2.16. The minimum atomic E-state index is 0.0110. The molecule has 2 N–H and O–H groups in total. The van der Waals surface area contributed by atoms with Gasteiger partial charge in [0.1, 0.15) is 0 Å². The van der Waals surface area contributed by atoms with Crippen molar-refractivity contribution in [1.29, 1.82) is 0 Å². The van der Waals surface area contributed by atoms with E-state index in [0.717, 1.165) is 30.5 Å². The van der Waals surface area contributed by atoms with Gasteiger partial charge in [-0.2, -0.15) is 0 Å². The molecule has 3 rings (SSSR count). The van der Waals surface area contributed by atoms with Gasteiger partial charge in [-0.05, 0) is 80.9 Å². The Labute approximate surface area is 150 Å². The van der Waals surface area contributed by atoms with Gasteiger partial charge in [-0.1, -0.05) is 36.4 Å². The van der Waals surface area contributed by atoms with Crippen LogP contribution in [0.15, 0.2) is 42.5 Å². The molecule has 0 saturated heterocycles. The molecule has 1 unspecified atom stereocenters. The third kappa shape index (κ3) is 4.29. The molecular weight excluding hydrogens is 308 g/mol. The average Bonchev–Trinajstić information content (AvgIpc) is 2.66. The second-order valence-electron chi connectivity index (χ2n) is 6.94. The summed E-state index contributed by atoms with van der Waals surface area (Å²) in [5.41, 5.74) is 6.00. The van der Waals surface area contributed by atoms with E-state index in [1.807, 2.05) is 31.3 Å². The molecule has 0 radical (unpaired) electrons. The molecule has 3 nitrogen and oxygen atoms in total. The maximum absolute atomic E-state index is 12.8.